The van der Waals surface area contributed by atoms with Crippen molar-refractivity contribution in [3.8, 4) is 0 Å². The zero-order chi connectivity index (χ0) is 14.6. The molecule has 6 heteroatoms. The van der Waals surface area contributed by atoms with E-state index in [0.29, 0.717) is 13.1 Å². The Morgan fingerprint density at radius 3 is 2.30 bits per heavy atom. The summed E-state index contributed by atoms with van der Waals surface area (Å²) in [4.78, 5) is 2.25. The first kappa shape index (κ1) is 15.4. The lowest BCUT2D eigenvalue weighted by Crippen LogP contribution is -2.51. The Bertz CT molecular complexity index is 510. The highest BCUT2D eigenvalue weighted by molar-refractivity contribution is 7.88. The molecule has 0 aromatic heterocycles. The van der Waals surface area contributed by atoms with E-state index in [1.165, 1.54) is 16.1 Å². The minimum Gasteiger partial charge on any atom is -0.326 e. The van der Waals surface area contributed by atoms with E-state index in [1.54, 1.807) is 0 Å². The van der Waals surface area contributed by atoms with Crippen molar-refractivity contribution in [2.75, 3.05) is 39.0 Å². The second-order valence-electron chi connectivity index (χ2n) is 5.41. The van der Waals surface area contributed by atoms with Crippen LogP contribution >= 0.6 is 0 Å². The third kappa shape index (κ3) is 4.56. The SMILES string of the molecule is CS(=O)(=O)N1CCN(CC(N)Cc2ccccc2)CC1. The van der Waals surface area contributed by atoms with Crippen LogP contribution in [0.15, 0.2) is 30.3 Å². The van der Waals surface area contributed by atoms with Gasteiger partial charge in [0, 0.05) is 38.8 Å². The Morgan fingerprint density at radius 1 is 1.15 bits per heavy atom. The third-order valence-electron chi connectivity index (χ3n) is 3.63. The molecule has 1 aromatic carbocycles. The van der Waals surface area contributed by atoms with Gasteiger partial charge in [0.1, 0.15) is 0 Å². The predicted molar refractivity (Wildman–Crippen MR) is 81.0 cm³/mol. The monoisotopic (exact) mass is 297 g/mol. The first-order valence-corrected chi connectivity index (χ1v) is 8.77. The minimum absolute atomic E-state index is 0.0854. The molecule has 0 spiro atoms. The van der Waals surface area contributed by atoms with Crippen LogP contribution in [0.4, 0.5) is 0 Å². The van der Waals surface area contributed by atoms with Crippen LogP contribution in [-0.2, 0) is 16.4 Å². The first-order chi connectivity index (χ1) is 9.45. The van der Waals surface area contributed by atoms with Crippen molar-refractivity contribution < 1.29 is 8.42 Å². The van der Waals surface area contributed by atoms with Gasteiger partial charge in [-0.3, -0.25) is 4.90 Å². The van der Waals surface area contributed by atoms with E-state index in [4.69, 9.17) is 5.73 Å². The number of sulfonamides is 1. The number of hydrogen-bond donors (Lipinski definition) is 1. The Morgan fingerprint density at radius 2 is 1.75 bits per heavy atom. The van der Waals surface area contributed by atoms with Crippen molar-refractivity contribution in [1.29, 1.82) is 0 Å². The number of hydrogen-bond acceptors (Lipinski definition) is 4. The fourth-order valence-electron chi connectivity index (χ4n) is 2.56. The highest BCUT2D eigenvalue weighted by atomic mass is 32.2. The lowest BCUT2D eigenvalue weighted by Gasteiger charge is -2.34. The van der Waals surface area contributed by atoms with E-state index in [-0.39, 0.29) is 6.04 Å². The van der Waals surface area contributed by atoms with Gasteiger partial charge in [0.05, 0.1) is 6.26 Å². The number of nitrogens with zero attached hydrogens (tertiary/aromatic N) is 2. The summed E-state index contributed by atoms with van der Waals surface area (Å²) in [5, 5.41) is 0. The summed E-state index contributed by atoms with van der Waals surface area (Å²) in [5.74, 6) is 0. The van der Waals surface area contributed by atoms with E-state index >= 15 is 0 Å². The fourth-order valence-corrected chi connectivity index (χ4v) is 3.38. The van der Waals surface area contributed by atoms with Gasteiger partial charge in [-0.1, -0.05) is 30.3 Å². The van der Waals surface area contributed by atoms with Crippen molar-refractivity contribution in [2.24, 2.45) is 5.73 Å². The van der Waals surface area contributed by atoms with Crippen molar-refractivity contribution in [2.45, 2.75) is 12.5 Å². The Balaban J connectivity index is 1.78. The average Bonchev–Trinajstić information content (AvgIpc) is 2.39. The van der Waals surface area contributed by atoms with Gasteiger partial charge >= 0.3 is 0 Å². The summed E-state index contributed by atoms with van der Waals surface area (Å²) in [6.07, 6.45) is 2.12. The van der Waals surface area contributed by atoms with E-state index < -0.39 is 10.0 Å². The number of piperazine rings is 1. The average molecular weight is 297 g/mol. The van der Waals surface area contributed by atoms with Gasteiger partial charge in [0.2, 0.25) is 10.0 Å². The maximum absolute atomic E-state index is 11.4. The van der Waals surface area contributed by atoms with Crippen LogP contribution in [0.25, 0.3) is 0 Å². The molecule has 1 atom stereocenters. The highest BCUT2D eigenvalue weighted by Crippen LogP contribution is 2.08. The van der Waals surface area contributed by atoms with Gasteiger partial charge in [-0.15, -0.1) is 0 Å². The Labute approximate surface area is 121 Å². The molecule has 1 fully saturated rings. The van der Waals surface area contributed by atoms with Gasteiger partial charge < -0.3 is 5.73 Å². The van der Waals surface area contributed by atoms with E-state index in [0.717, 1.165) is 26.1 Å². The van der Waals surface area contributed by atoms with Crippen molar-refractivity contribution in [3.05, 3.63) is 35.9 Å². The summed E-state index contributed by atoms with van der Waals surface area (Å²) >= 11 is 0. The quantitative estimate of drug-likeness (QED) is 0.839. The van der Waals surface area contributed by atoms with Crippen LogP contribution in [0.1, 0.15) is 5.56 Å². The summed E-state index contributed by atoms with van der Waals surface area (Å²) in [6.45, 7) is 3.46. The maximum atomic E-state index is 11.4. The van der Waals surface area contributed by atoms with Crippen LogP contribution in [0, 0.1) is 0 Å². The normalized spacial score (nSPS) is 19.9. The second kappa shape index (κ2) is 6.67. The molecule has 5 nitrogen and oxygen atoms in total. The maximum Gasteiger partial charge on any atom is 0.211 e. The van der Waals surface area contributed by atoms with Crippen molar-refractivity contribution >= 4 is 10.0 Å². The number of nitrogens with two attached hydrogens (primary N) is 1. The molecule has 0 bridgehead atoms. The smallest absolute Gasteiger partial charge is 0.211 e. The van der Waals surface area contributed by atoms with Gasteiger partial charge in [-0.25, -0.2) is 8.42 Å². The standard InChI is InChI=1S/C14H23N3O2S/c1-20(18,19)17-9-7-16(8-10-17)12-14(15)11-13-5-3-2-4-6-13/h2-6,14H,7-12,15H2,1H3. The van der Waals surface area contributed by atoms with Gasteiger partial charge in [0.15, 0.2) is 0 Å². The van der Waals surface area contributed by atoms with Crippen LogP contribution in [0.2, 0.25) is 0 Å². The summed E-state index contributed by atoms with van der Waals surface area (Å²) in [7, 11) is -3.05. The molecule has 0 aliphatic carbocycles. The number of benzene rings is 1. The molecule has 1 saturated heterocycles. The molecule has 2 N–H and O–H groups in total. The summed E-state index contributed by atoms with van der Waals surface area (Å²) in [5.41, 5.74) is 7.43. The minimum atomic E-state index is -3.05. The molecule has 112 valence electrons. The highest BCUT2D eigenvalue weighted by Gasteiger charge is 2.24. The first-order valence-electron chi connectivity index (χ1n) is 6.92. The van der Waals surface area contributed by atoms with E-state index in [2.05, 4.69) is 17.0 Å². The molecule has 1 aliphatic rings. The lowest BCUT2D eigenvalue weighted by molar-refractivity contribution is 0.180. The van der Waals surface area contributed by atoms with Gasteiger partial charge in [-0.2, -0.15) is 4.31 Å². The second-order valence-corrected chi connectivity index (χ2v) is 7.39. The largest absolute Gasteiger partial charge is 0.326 e. The Hall–Kier alpha value is -0.950. The molecule has 1 aromatic rings. The predicted octanol–water partition coefficient (Wildman–Crippen LogP) is 0.134. The summed E-state index contributed by atoms with van der Waals surface area (Å²) < 4.78 is 24.4. The Kier molecular flexibility index (Phi) is 5.15. The van der Waals surface area contributed by atoms with E-state index in [9.17, 15) is 8.42 Å². The topological polar surface area (TPSA) is 66.6 Å². The zero-order valence-corrected chi connectivity index (χ0v) is 12.7. The molecule has 0 radical (unpaired) electrons. The molecular weight excluding hydrogens is 274 g/mol. The van der Waals surface area contributed by atoms with E-state index in [1.807, 2.05) is 18.2 Å². The summed E-state index contributed by atoms with van der Waals surface area (Å²) in [6, 6.07) is 10.3. The third-order valence-corrected chi connectivity index (χ3v) is 4.94. The van der Waals surface area contributed by atoms with Crippen LogP contribution in [-0.4, -0.2) is 62.6 Å². The molecule has 20 heavy (non-hydrogen) atoms. The molecule has 2 rings (SSSR count). The van der Waals surface area contributed by atoms with Gasteiger partial charge in [0.25, 0.3) is 0 Å². The molecular formula is C14H23N3O2S. The van der Waals surface area contributed by atoms with Crippen LogP contribution in [0.5, 0.6) is 0 Å². The molecule has 0 amide bonds. The van der Waals surface area contributed by atoms with Crippen molar-refractivity contribution in [1.82, 2.24) is 9.21 Å². The van der Waals surface area contributed by atoms with Crippen LogP contribution in [0.3, 0.4) is 0 Å². The molecule has 1 heterocycles. The molecule has 1 aliphatic heterocycles. The molecule has 0 saturated carbocycles. The molecule has 1 unspecified atom stereocenters. The van der Waals surface area contributed by atoms with Gasteiger partial charge in [-0.05, 0) is 12.0 Å². The van der Waals surface area contributed by atoms with Crippen LogP contribution < -0.4 is 5.73 Å². The zero-order valence-electron chi connectivity index (χ0n) is 11.9. The fraction of sp³-hybridized carbons (Fsp3) is 0.571. The number of rotatable bonds is 5. The van der Waals surface area contributed by atoms with Crippen molar-refractivity contribution in [3.63, 3.8) is 0 Å². The lowest BCUT2D eigenvalue weighted by atomic mass is 10.1.